The molecule has 0 radical (unpaired) electrons. The molecule has 0 atom stereocenters. The van der Waals surface area contributed by atoms with Gasteiger partial charge in [-0.3, -0.25) is 4.79 Å². The zero-order valence-electron chi connectivity index (χ0n) is 9.63. The molecular weight excluding hydrogens is 228 g/mol. The highest BCUT2D eigenvalue weighted by atomic mass is 19.1. The number of ketones is 1. The molecule has 0 saturated carbocycles. The molecule has 94 valence electrons. The highest BCUT2D eigenvalue weighted by Crippen LogP contribution is 2.10. The van der Waals surface area contributed by atoms with Gasteiger partial charge in [0.05, 0.1) is 13.2 Å². The van der Waals surface area contributed by atoms with Crippen molar-refractivity contribution in [3.63, 3.8) is 0 Å². The maximum atomic E-state index is 13.2. The summed E-state index contributed by atoms with van der Waals surface area (Å²) in [5.41, 5.74) is 0.213. The Morgan fingerprint density at radius 2 is 2.18 bits per heavy atom. The average molecular weight is 243 g/mol. The molecule has 0 saturated heterocycles. The van der Waals surface area contributed by atoms with E-state index >= 15 is 0 Å². The van der Waals surface area contributed by atoms with Crippen molar-refractivity contribution in [2.45, 2.75) is 6.42 Å². The Kier molecular flexibility index (Phi) is 5.72. The number of hydrogen-bond donors (Lipinski definition) is 1. The van der Waals surface area contributed by atoms with Crippen LogP contribution in [0.5, 0.6) is 0 Å². The fourth-order valence-electron chi connectivity index (χ4n) is 1.34. The van der Waals surface area contributed by atoms with Crippen molar-refractivity contribution in [3.05, 3.63) is 35.4 Å². The second-order valence-electron chi connectivity index (χ2n) is 3.62. The third-order valence-electron chi connectivity index (χ3n) is 2.21. The lowest BCUT2D eigenvalue weighted by atomic mass is 10.1. The van der Waals surface area contributed by atoms with Gasteiger partial charge in [-0.1, -0.05) is 6.07 Å². The van der Waals surface area contributed by atoms with E-state index in [1.54, 1.807) is 7.11 Å². The Bertz CT molecular complexity index is 383. The van der Waals surface area contributed by atoms with Crippen LogP contribution in [0.2, 0.25) is 0 Å². The van der Waals surface area contributed by atoms with Gasteiger partial charge in [0.2, 0.25) is 0 Å². The van der Waals surface area contributed by atoms with E-state index in [0.717, 1.165) is 12.1 Å². The number of carbonyl (C=O) groups is 1. The van der Waals surface area contributed by atoms with Crippen molar-refractivity contribution in [1.29, 1.82) is 0 Å². The van der Waals surface area contributed by atoms with Crippen molar-refractivity contribution in [3.8, 4) is 0 Å². The lowest BCUT2D eigenvalue weighted by Crippen LogP contribution is -2.27. The van der Waals surface area contributed by atoms with Gasteiger partial charge < -0.3 is 10.1 Å². The molecule has 1 rings (SSSR count). The molecule has 0 spiro atoms. The summed E-state index contributed by atoms with van der Waals surface area (Å²) in [6.07, 6.45) is -0.0356. The molecule has 17 heavy (non-hydrogen) atoms. The zero-order valence-corrected chi connectivity index (χ0v) is 9.63. The van der Waals surface area contributed by atoms with Crippen LogP contribution in [0, 0.1) is 11.6 Å². The number of methoxy groups -OCH3 is 1. The minimum Gasteiger partial charge on any atom is -0.383 e. The summed E-state index contributed by atoms with van der Waals surface area (Å²) in [7, 11) is 1.57. The first-order valence-corrected chi connectivity index (χ1v) is 5.28. The zero-order chi connectivity index (χ0) is 12.7. The molecule has 1 N–H and O–H groups in total. The van der Waals surface area contributed by atoms with Crippen LogP contribution >= 0.6 is 0 Å². The van der Waals surface area contributed by atoms with Crippen molar-refractivity contribution in [1.82, 2.24) is 5.32 Å². The van der Waals surface area contributed by atoms with Gasteiger partial charge in [-0.25, -0.2) is 8.78 Å². The number of carbonyl (C=O) groups excluding carboxylic acids is 1. The average Bonchev–Trinajstić information content (AvgIpc) is 2.28. The molecule has 0 aromatic heterocycles. The van der Waals surface area contributed by atoms with E-state index in [2.05, 4.69) is 5.32 Å². The number of nitrogens with one attached hydrogen (secondary N) is 1. The molecule has 0 bridgehead atoms. The number of rotatable bonds is 7. The monoisotopic (exact) mass is 243 g/mol. The van der Waals surface area contributed by atoms with E-state index in [0.29, 0.717) is 13.2 Å². The summed E-state index contributed by atoms with van der Waals surface area (Å²) in [6.45, 7) is 1.23. The van der Waals surface area contributed by atoms with Gasteiger partial charge in [0.15, 0.2) is 5.78 Å². The summed E-state index contributed by atoms with van der Waals surface area (Å²) in [5.74, 6) is -1.47. The van der Waals surface area contributed by atoms with Crippen molar-refractivity contribution in [2.75, 3.05) is 26.8 Å². The topological polar surface area (TPSA) is 38.3 Å². The third kappa shape index (κ3) is 5.01. The summed E-state index contributed by atoms with van der Waals surface area (Å²) < 4.78 is 30.6. The van der Waals surface area contributed by atoms with Gasteiger partial charge in [0.25, 0.3) is 0 Å². The fourth-order valence-corrected chi connectivity index (χ4v) is 1.34. The van der Waals surface area contributed by atoms with E-state index in [1.165, 1.54) is 6.07 Å². The van der Waals surface area contributed by atoms with E-state index in [-0.39, 0.29) is 24.3 Å². The highest BCUT2D eigenvalue weighted by Gasteiger charge is 2.08. The predicted molar refractivity (Wildman–Crippen MR) is 59.8 cm³/mol. The van der Waals surface area contributed by atoms with Crippen LogP contribution in [0.15, 0.2) is 18.2 Å². The minimum absolute atomic E-state index is 0.0356. The number of benzene rings is 1. The van der Waals surface area contributed by atoms with E-state index in [4.69, 9.17) is 4.74 Å². The van der Waals surface area contributed by atoms with Crippen molar-refractivity contribution >= 4 is 5.78 Å². The molecule has 0 aliphatic carbocycles. The maximum absolute atomic E-state index is 13.2. The number of halogens is 2. The maximum Gasteiger partial charge on any atom is 0.151 e. The highest BCUT2D eigenvalue weighted by molar-refractivity contribution is 5.82. The molecule has 5 heteroatoms. The third-order valence-corrected chi connectivity index (χ3v) is 2.21. The molecule has 0 heterocycles. The normalized spacial score (nSPS) is 10.5. The van der Waals surface area contributed by atoms with Crippen molar-refractivity contribution in [2.24, 2.45) is 0 Å². The van der Waals surface area contributed by atoms with E-state index in [9.17, 15) is 13.6 Å². The van der Waals surface area contributed by atoms with Gasteiger partial charge in [0.1, 0.15) is 11.6 Å². The molecule has 0 amide bonds. The molecule has 0 fully saturated rings. The number of ether oxygens (including phenoxy) is 1. The smallest absolute Gasteiger partial charge is 0.151 e. The van der Waals surface area contributed by atoms with E-state index in [1.807, 2.05) is 0 Å². The van der Waals surface area contributed by atoms with Crippen LogP contribution < -0.4 is 5.32 Å². The number of hydrogen-bond acceptors (Lipinski definition) is 3. The van der Waals surface area contributed by atoms with Crippen LogP contribution in [0.1, 0.15) is 5.56 Å². The quantitative estimate of drug-likeness (QED) is 0.734. The standard InChI is InChI=1S/C12H15F2NO2/c1-17-5-4-15-8-11(16)6-9-2-3-10(13)7-12(9)14/h2-3,7,15H,4-6,8H2,1H3. The summed E-state index contributed by atoms with van der Waals surface area (Å²) in [5, 5.41) is 2.87. The van der Waals surface area contributed by atoms with Crippen LogP contribution in [0.4, 0.5) is 8.78 Å². The summed E-state index contributed by atoms with van der Waals surface area (Å²) in [4.78, 5) is 11.4. The van der Waals surface area contributed by atoms with Crippen LogP contribution in [-0.4, -0.2) is 32.6 Å². The first-order valence-electron chi connectivity index (χ1n) is 5.28. The van der Waals surface area contributed by atoms with Crippen LogP contribution in [0.3, 0.4) is 0 Å². The van der Waals surface area contributed by atoms with Crippen LogP contribution in [-0.2, 0) is 16.0 Å². The molecule has 0 aliphatic heterocycles. The Labute approximate surface area is 98.8 Å². The molecule has 1 aromatic carbocycles. The van der Waals surface area contributed by atoms with Gasteiger partial charge in [0, 0.05) is 26.1 Å². The lowest BCUT2D eigenvalue weighted by Gasteiger charge is -2.04. The Balaban J connectivity index is 2.40. The molecular formula is C12H15F2NO2. The molecule has 1 aromatic rings. The Hall–Kier alpha value is -1.33. The van der Waals surface area contributed by atoms with Crippen molar-refractivity contribution < 1.29 is 18.3 Å². The first kappa shape index (κ1) is 13.7. The van der Waals surface area contributed by atoms with E-state index < -0.39 is 11.6 Å². The Morgan fingerprint density at radius 1 is 1.41 bits per heavy atom. The van der Waals surface area contributed by atoms with Gasteiger partial charge in [-0.2, -0.15) is 0 Å². The molecule has 3 nitrogen and oxygen atoms in total. The second-order valence-corrected chi connectivity index (χ2v) is 3.62. The fraction of sp³-hybridized carbons (Fsp3) is 0.417. The minimum atomic E-state index is -0.685. The number of Topliss-reactive ketones (excluding diaryl/α,β-unsaturated/α-hetero) is 1. The first-order chi connectivity index (χ1) is 8.13. The van der Waals surface area contributed by atoms with Gasteiger partial charge in [-0.05, 0) is 11.6 Å². The van der Waals surface area contributed by atoms with Crippen LogP contribution in [0.25, 0.3) is 0 Å². The predicted octanol–water partition coefficient (Wildman–Crippen LogP) is 1.31. The summed E-state index contributed by atoms with van der Waals surface area (Å²) >= 11 is 0. The molecule has 0 unspecified atom stereocenters. The Morgan fingerprint density at radius 3 is 2.82 bits per heavy atom. The SMILES string of the molecule is COCCNCC(=O)Cc1ccc(F)cc1F. The largest absolute Gasteiger partial charge is 0.383 e. The second kappa shape index (κ2) is 7.09. The lowest BCUT2D eigenvalue weighted by molar-refractivity contribution is -0.117. The van der Waals surface area contributed by atoms with Gasteiger partial charge >= 0.3 is 0 Å². The summed E-state index contributed by atoms with van der Waals surface area (Å²) in [6, 6.07) is 3.21. The van der Waals surface area contributed by atoms with Gasteiger partial charge in [-0.15, -0.1) is 0 Å². The molecule has 0 aliphatic rings.